The Bertz CT molecular complexity index is 478. The number of benzene rings is 1. The lowest BCUT2D eigenvalue weighted by Gasteiger charge is -2.23. The van der Waals surface area contributed by atoms with Crippen molar-refractivity contribution in [2.24, 2.45) is 0 Å². The van der Waals surface area contributed by atoms with Gasteiger partial charge in [-0.2, -0.15) is 8.78 Å². The molecule has 0 radical (unpaired) electrons. The fourth-order valence-corrected chi connectivity index (χ4v) is 3.25. The number of alkyl halides is 2. The maximum Gasteiger partial charge on any atom is 0.288 e. The van der Waals surface area contributed by atoms with Gasteiger partial charge in [-0.3, -0.25) is 9.69 Å². The molecule has 1 aromatic rings. The van der Waals surface area contributed by atoms with Crippen LogP contribution in [0.3, 0.4) is 0 Å². The average molecular weight is 314 g/mol. The van der Waals surface area contributed by atoms with Crippen molar-refractivity contribution in [2.75, 3.05) is 18.9 Å². The molecule has 0 aliphatic heterocycles. The summed E-state index contributed by atoms with van der Waals surface area (Å²) in [7, 11) is 1.94. The van der Waals surface area contributed by atoms with Crippen LogP contribution in [-0.2, 0) is 4.79 Å². The fourth-order valence-electron chi connectivity index (χ4n) is 2.66. The molecule has 1 N–H and O–H groups in total. The van der Waals surface area contributed by atoms with Gasteiger partial charge in [0.2, 0.25) is 5.91 Å². The van der Waals surface area contributed by atoms with Crippen LogP contribution in [0.25, 0.3) is 0 Å². The zero-order chi connectivity index (χ0) is 15.2. The number of para-hydroxylation sites is 1. The number of anilines is 1. The van der Waals surface area contributed by atoms with Crippen LogP contribution in [-0.4, -0.2) is 36.2 Å². The van der Waals surface area contributed by atoms with E-state index in [1.807, 2.05) is 11.9 Å². The van der Waals surface area contributed by atoms with E-state index >= 15 is 0 Å². The van der Waals surface area contributed by atoms with Gasteiger partial charge in [-0.25, -0.2) is 0 Å². The molecule has 0 atom stereocenters. The first-order chi connectivity index (χ1) is 10.1. The number of rotatable bonds is 6. The number of carbonyl (C=O) groups excluding carboxylic acids is 1. The molecule has 2 rings (SSSR count). The van der Waals surface area contributed by atoms with E-state index in [0.29, 0.717) is 34.9 Å². The molecule has 1 aliphatic rings. The van der Waals surface area contributed by atoms with Gasteiger partial charge in [-0.05, 0) is 32.0 Å². The van der Waals surface area contributed by atoms with Crippen molar-refractivity contribution in [1.82, 2.24) is 4.90 Å². The van der Waals surface area contributed by atoms with Crippen LogP contribution in [0.2, 0.25) is 0 Å². The number of amides is 1. The van der Waals surface area contributed by atoms with Gasteiger partial charge >= 0.3 is 0 Å². The molecule has 0 spiro atoms. The van der Waals surface area contributed by atoms with Crippen LogP contribution in [0.15, 0.2) is 29.2 Å². The van der Waals surface area contributed by atoms with E-state index < -0.39 is 5.76 Å². The summed E-state index contributed by atoms with van der Waals surface area (Å²) in [6.07, 6.45) is 4.68. The van der Waals surface area contributed by atoms with Crippen LogP contribution in [0.1, 0.15) is 25.7 Å². The number of nitrogens with zero attached hydrogens (tertiary/aromatic N) is 1. The van der Waals surface area contributed by atoms with Crippen molar-refractivity contribution in [3.63, 3.8) is 0 Å². The SMILES string of the molecule is CN(CC(=O)Nc1ccccc1SC(F)F)C1CCCC1. The van der Waals surface area contributed by atoms with Crippen molar-refractivity contribution in [3.05, 3.63) is 24.3 Å². The van der Waals surface area contributed by atoms with Gasteiger partial charge in [0.1, 0.15) is 0 Å². The highest BCUT2D eigenvalue weighted by Crippen LogP contribution is 2.31. The maximum absolute atomic E-state index is 12.5. The summed E-state index contributed by atoms with van der Waals surface area (Å²) in [5.74, 6) is -2.66. The summed E-state index contributed by atoms with van der Waals surface area (Å²) in [6.45, 7) is 0.290. The van der Waals surface area contributed by atoms with Crippen LogP contribution >= 0.6 is 11.8 Å². The summed E-state index contributed by atoms with van der Waals surface area (Å²) in [5.41, 5.74) is 0.452. The molecule has 6 heteroatoms. The molecular weight excluding hydrogens is 294 g/mol. The Balaban J connectivity index is 1.92. The van der Waals surface area contributed by atoms with Crippen LogP contribution < -0.4 is 5.32 Å². The molecule has 1 aromatic carbocycles. The molecular formula is C15H20F2N2OS. The standard InChI is InChI=1S/C15H20F2N2OS/c1-19(11-6-2-3-7-11)10-14(20)18-12-8-4-5-9-13(12)21-15(16)17/h4-5,8-9,11,15H,2-3,6-7,10H2,1H3,(H,18,20). The van der Waals surface area contributed by atoms with Crippen molar-refractivity contribution in [1.29, 1.82) is 0 Å². The average Bonchev–Trinajstić information content (AvgIpc) is 2.94. The zero-order valence-electron chi connectivity index (χ0n) is 12.0. The first-order valence-electron chi connectivity index (χ1n) is 7.10. The van der Waals surface area contributed by atoms with Crippen LogP contribution in [0, 0.1) is 0 Å². The quantitative estimate of drug-likeness (QED) is 0.810. The number of hydrogen-bond donors (Lipinski definition) is 1. The van der Waals surface area contributed by atoms with Crippen molar-refractivity contribution in [3.8, 4) is 0 Å². The van der Waals surface area contributed by atoms with E-state index in [2.05, 4.69) is 5.32 Å². The second-order valence-electron chi connectivity index (χ2n) is 5.28. The van der Waals surface area contributed by atoms with Crippen molar-refractivity contribution < 1.29 is 13.6 Å². The second kappa shape index (κ2) is 7.75. The van der Waals surface area contributed by atoms with Gasteiger partial charge < -0.3 is 5.32 Å². The normalized spacial score (nSPS) is 15.9. The monoisotopic (exact) mass is 314 g/mol. The first kappa shape index (κ1) is 16.2. The molecule has 1 aliphatic carbocycles. The Morgan fingerprint density at radius 3 is 2.71 bits per heavy atom. The van der Waals surface area contributed by atoms with E-state index in [9.17, 15) is 13.6 Å². The van der Waals surface area contributed by atoms with E-state index in [1.54, 1.807) is 24.3 Å². The van der Waals surface area contributed by atoms with Gasteiger partial charge in [0.15, 0.2) is 0 Å². The Hall–Kier alpha value is -1.14. The fraction of sp³-hybridized carbons (Fsp3) is 0.533. The number of halogens is 2. The molecule has 0 aromatic heterocycles. The minimum Gasteiger partial charge on any atom is -0.324 e. The van der Waals surface area contributed by atoms with E-state index in [0.717, 1.165) is 12.8 Å². The zero-order valence-corrected chi connectivity index (χ0v) is 12.8. The highest BCUT2D eigenvalue weighted by atomic mass is 32.2. The molecule has 1 fully saturated rings. The molecule has 0 bridgehead atoms. The summed E-state index contributed by atoms with van der Waals surface area (Å²) in [4.78, 5) is 14.5. The molecule has 1 amide bonds. The third-order valence-corrected chi connectivity index (χ3v) is 4.51. The third-order valence-electron chi connectivity index (χ3n) is 3.72. The molecule has 1 saturated carbocycles. The largest absolute Gasteiger partial charge is 0.324 e. The molecule has 116 valence electrons. The number of thioether (sulfide) groups is 1. The lowest BCUT2D eigenvalue weighted by molar-refractivity contribution is -0.117. The second-order valence-corrected chi connectivity index (χ2v) is 6.31. The van der Waals surface area contributed by atoms with Gasteiger partial charge in [0.05, 0.1) is 12.2 Å². The van der Waals surface area contributed by atoms with E-state index in [4.69, 9.17) is 0 Å². The van der Waals surface area contributed by atoms with Gasteiger partial charge in [-0.15, -0.1) is 0 Å². The van der Waals surface area contributed by atoms with Gasteiger partial charge in [0.25, 0.3) is 5.76 Å². The predicted octanol–water partition coefficient (Wildman–Crippen LogP) is 3.81. The smallest absolute Gasteiger partial charge is 0.288 e. The summed E-state index contributed by atoms with van der Waals surface area (Å²) in [6, 6.07) is 7.11. The Kier molecular flexibility index (Phi) is 5.99. The summed E-state index contributed by atoms with van der Waals surface area (Å²) >= 11 is 0.450. The highest BCUT2D eigenvalue weighted by Gasteiger charge is 2.21. The van der Waals surface area contributed by atoms with Crippen molar-refractivity contribution >= 4 is 23.4 Å². The lowest BCUT2D eigenvalue weighted by Crippen LogP contribution is -2.36. The predicted molar refractivity (Wildman–Crippen MR) is 81.8 cm³/mol. The first-order valence-corrected chi connectivity index (χ1v) is 7.98. The van der Waals surface area contributed by atoms with E-state index in [1.165, 1.54) is 12.8 Å². The molecule has 3 nitrogen and oxygen atoms in total. The molecule has 0 saturated heterocycles. The third kappa shape index (κ3) is 4.97. The Labute approximate surface area is 128 Å². The summed E-state index contributed by atoms with van der Waals surface area (Å²) < 4.78 is 25.0. The number of likely N-dealkylation sites (N-methyl/N-ethyl adjacent to an activating group) is 1. The minimum atomic E-state index is -2.50. The highest BCUT2D eigenvalue weighted by molar-refractivity contribution is 7.99. The molecule has 0 heterocycles. The van der Waals surface area contributed by atoms with Crippen LogP contribution in [0.4, 0.5) is 14.5 Å². The van der Waals surface area contributed by atoms with E-state index in [-0.39, 0.29) is 5.91 Å². The minimum absolute atomic E-state index is 0.160. The van der Waals surface area contributed by atoms with Crippen molar-refractivity contribution in [2.45, 2.75) is 42.4 Å². The van der Waals surface area contributed by atoms with Gasteiger partial charge in [-0.1, -0.05) is 36.7 Å². The topological polar surface area (TPSA) is 32.3 Å². The van der Waals surface area contributed by atoms with Crippen LogP contribution in [0.5, 0.6) is 0 Å². The summed E-state index contributed by atoms with van der Waals surface area (Å²) in [5, 5.41) is 2.74. The molecule has 0 unspecified atom stereocenters. The number of hydrogen-bond acceptors (Lipinski definition) is 3. The molecule has 21 heavy (non-hydrogen) atoms. The number of carbonyl (C=O) groups is 1. The lowest BCUT2D eigenvalue weighted by atomic mass is 10.2. The maximum atomic E-state index is 12.5. The van der Waals surface area contributed by atoms with Gasteiger partial charge in [0, 0.05) is 10.9 Å². The number of nitrogens with one attached hydrogen (secondary N) is 1. The Morgan fingerprint density at radius 1 is 1.38 bits per heavy atom. The Morgan fingerprint density at radius 2 is 2.05 bits per heavy atom.